The average molecular weight is 745 g/mol. The minimum atomic E-state index is -0.150. The van der Waals surface area contributed by atoms with Gasteiger partial charge >= 0.3 is 0 Å². The Bertz CT molecular complexity index is 2050. The summed E-state index contributed by atoms with van der Waals surface area (Å²) in [5.41, 5.74) is 1.93. The first-order valence-corrected chi connectivity index (χ1v) is 15.3. The SMILES string of the molecule is CC1c2nncn2CCN1C(=O)c1cc2ncc(Cl)cn2n1.O=C(c1cc2ncc(Br)cn2n1)N1CCn2c(Br)nnc2C1. The number of amides is 2. The van der Waals surface area contributed by atoms with E-state index in [1.165, 1.54) is 10.7 Å². The number of rotatable bonds is 2. The summed E-state index contributed by atoms with van der Waals surface area (Å²) in [6, 6.07) is 3.19. The number of halogens is 3. The summed E-state index contributed by atoms with van der Waals surface area (Å²) in [6.45, 7) is 4.87. The normalized spacial score (nSPS) is 16.0. The molecule has 8 rings (SSSR count). The maximum atomic E-state index is 12.7. The molecule has 1 unspecified atom stereocenters. The molecular formula is C25H21Br2ClN14O2. The topological polar surface area (TPSA) is 162 Å². The van der Waals surface area contributed by atoms with E-state index < -0.39 is 0 Å². The molecule has 0 aliphatic carbocycles. The summed E-state index contributed by atoms with van der Waals surface area (Å²) < 4.78 is 8.49. The molecule has 2 aliphatic rings. The summed E-state index contributed by atoms with van der Waals surface area (Å²) in [6.07, 6.45) is 8.27. The van der Waals surface area contributed by atoms with E-state index in [0.29, 0.717) is 65.2 Å². The van der Waals surface area contributed by atoms with E-state index in [1.807, 2.05) is 16.1 Å². The van der Waals surface area contributed by atoms with E-state index in [0.717, 1.165) is 16.1 Å². The summed E-state index contributed by atoms with van der Waals surface area (Å²) in [5, 5.41) is 25.0. The van der Waals surface area contributed by atoms with E-state index in [4.69, 9.17) is 11.6 Å². The maximum absolute atomic E-state index is 12.7. The maximum Gasteiger partial charge on any atom is 0.275 e. The highest BCUT2D eigenvalue weighted by molar-refractivity contribution is 9.10. The molecule has 0 bridgehead atoms. The fourth-order valence-electron chi connectivity index (χ4n) is 5.11. The molecule has 0 saturated heterocycles. The van der Waals surface area contributed by atoms with Crippen LogP contribution in [0.3, 0.4) is 0 Å². The quantitative estimate of drug-likeness (QED) is 0.258. The minimum Gasteiger partial charge on any atom is -0.328 e. The third-order valence-corrected chi connectivity index (χ3v) is 8.52. The minimum absolute atomic E-state index is 0.132. The van der Waals surface area contributed by atoms with Crippen LogP contribution in [0.15, 0.2) is 52.5 Å². The largest absolute Gasteiger partial charge is 0.328 e. The molecule has 2 aliphatic heterocycles. The molecule has 19 heteroatoms. The van der Waals surface area contributed by atoms with Crippen molar-refractivity contribution in [3.63, 3.8) is 0 Å². The van der Waals surface area contributed by atoms with Crippen molar-refractivity contribution in [3.8, 4) is 0 Å². The Morgan fingerprint density at radius 1 is 0.886 bits per heavy atom. The summed E-state index contributed by atoms with van der Waals surface area (Å²) in [7, 11) is 0. The van der Waals surface area contributed by atoms with Crippen LogP contribution in [-0.4, -0.2) is 93.4 Å². The number of nitrogens with zero attached hydrogens (tertiary/aromatic N) is 14. The highest BCUT2D eigenvalue weighted by Crippen LogP contribution is 2.25. The third-order valence-electron chi connectivity index (χ3n) is 7.33. The standard InChI is InChI=1S/C13H12ClN7O.C12H9Br2N7O/c1-8-12-17-16-7-19(12)2-3-20(8)13(22)10-4-11-15-5-9(14)6-21(11)18-10;13-7-4-15-9-3-8(18-21(9)5-7)11(22)19-1-2-20-10(6-19)16-17-12(20)14/h4-8H,2-3H2,1H3;3-5H,1-2,6H2. The molecule has 6 aromatic heterocycles. The summed E-state index contributed by atoms with van der Waals surface area (Å²) in [5.74, 6) is 1.26. The second-order valence-electron chi connectivity index (χ2n) is 10.0. The number of hydrogen-bond donors (Lipinski definition) is 0. The van der Waals surface area contributed by atoms with Crippen molar-refractivity contribution < 1.29 is 9.59 Å². The molecule has 0 fully saturated rings. The van der Waals surface area contributed by atoms with E-state index >= 15 is 0 Å². The first kappa shape index (κ1) is 28.5. The highest BCUT2D eigenvalue weighted by atomic mass is 79.9. The first-order valence-electron chi connectivity index (χ1n) is 13.3. The molecule has 0 N–H and O–H groups in total. The van der Waals surface area contributed by atoms with Gasteiger partial charge in [-0.2, -0.15) is 10.2 Å². The van der Waals surface area contributed by atoms with Crippen LogP contribution in [-0.2, 0) is 19.6 Å². The van der Waals surface area contributed by atoms with E-state index in [9.17, 15) is 9.59 Å². The Morgan fingerprint density at radius 2 is 1.61 bits per heavy atom. The molecule has 1 atom stereocenters. The zero-order valence-corrected chi connectivity index (χ0v) is 26.8. The predicted octanol–water partition coefficient (Wildman–Crippen LogP) is 2.69. The summed E-state index contributed by atoms with van der Waals surface area (Å²) in [4.78, 5) is 37.2. The van der Waals surface area contributed by atoms with Gasteiger partial charge in [0.2, 0.25) is 0 Å². The number of carbonyl (C=O) groups is 2. The number of aromatic nitrogens is 12. The molecule has 6 aromatic rings. The van der Waals surface area contributed by atoms with Crippen molar-refractivity contribution in [2.45, 2.75) is 32.6 Å². The van der Waals surface area contributed by atoms with Crippen molar-refractivity contribution >= 4 is 66.6 Å². The van der Waals surface area contributed by atoms with Crippen LogP contribution in [0.2, 0.25) is 5.02 Å². The van der Waals surface area contributed by atoms with Gasteiger partial charge in [0.05, 0.1) is 28.3 Å². The third kappa shape index (κ3) is 5.22. The van der Waals surface area contributed by atoms with Gasteiger partial charge in [-0.3, -0.25) is 9.59 Å². The van der Waals surface area contributed by atoms with Crippen molar-refractivity contribution in [3.05, 3.63) is 80.5 Å². The predicted molar refractivity (Wildman–Crippen MR) is 161 cm³/mol. The van der Waals surface area contributed by atoms with Crippen molar-refractivity contribution in [2.75, 3.05) is 13.1 Å². The lowest BCUT2D eigenvalue weighted by Gasteiger charge is -2.32. The number of carbonyl (C=O) groups excluding carboxylic acids is 2. The Balaban J connectivity index is 0.000000142. The Morgan fingerprint density at radius 3 is 2.41 bits per heavy atom. The lowest BCUT2D eigenvalue weighted by Crippen LogP contribution is -2.41. The molecule has 2 amide bonds. The Kier molecular flexibility index (Phi) is 7.33. The Hall–Kier alpha value is -4.29. The fourth-order valence-corrected chi connectivity index (χ4v) is 6.01. The fraction of sp³-hybridized carbons (Fsp3) is 0.280. The molecule has 0 spiro atoms. The second-order valence-corrected chi connectivity index (χ2v) is 12.1. The Labute approximate surface area is 269 Å². The van der Waals surface area contributed by atoms with E-state index in [-0.39, 0.29) is 17.9 Å². The molecule has 0 saturated carbocycles. The van der Waals surface area contributed by atoms with Crippen LogP contribution in [0.25, 0.3) is 11.3 Å². The smallest absolute Gasteiger partial charge is 0.275 e. The molecule has 8 heterocycles. The van der Waals surface area contributed by atoms with E-state index in [2.05, 4.69) is 72.4 Å². The van der Waals surface area contributed by atoms with Gasteiger partial charge in [0.25, 0.3) is 11.8 Å². The van der Waals surface area contributed by atoms with Gasteiger partial charge in [-0.15, -0.1) is 20.4 Å². The lowest BCUT2D eigenvalue weighted by molar-refractivity contribution is 0.0630. The van der Waals surface area contributed by atoms with Crippen molar-refractivity contribution in [1.82, 2.24) is 68.5 Å². The highest BCUT2D eigenvalue weighted by Gasteiger charge is 2.31. The van der Waals surface area contributed by atoms with Crippen molar-refractivity contribution in [2.24, 2.45) is 0 Å². The number of fused-ring (bicyclic) bond motifs is 4. The summed E-state index contributed by atoms with van der Waals surface area (Å²) >= 11 is 12.6. The van der Waals surface area contributed by atoms with Crippen LogP contribution in [0.4, 0.5) is 0 Å². The zero-order chi connectivity index (χ0) is 30.5. The van der Waals surface area contributed by atoms with Gasteiger partial charge in [-0.25, -0.2) is 19.0 Å². The van der Waals surface area contributed by atoms with Gasteiger partial charge < -0.3 is 18.9 Å². The molecular weight excluding hydrogens is 724 g/mol. The van der Waals surface area contributed by atoms with Crippen LogP contribution in [0, 0.1) is 0 Å². The first-order chi connectivity index (χ1) is 21.2. The van der Waals surface area contributed by atoms with Gasteiger partial charge in [0.1, 0.15) is 6.33 Å². The lowest BCUT2D eigenvalue weighted by atomic mass is 10.2. The molecule has 44 heavy (non-hydrogen) atoms. The van der Waals surface area contributed by atoms with Crippen LogP contribution in [0.1, 0.15) is 45.6 Å². The molecule has 0 aromatic carbocycles. The van der Waals surface area contributed by atoms with E-state index in [1.54, 1.807) is 51.4 Å². The molecule has 224 valence electrons. The van der Waals surface area contributed by atoms with Crippen LogP contribution >= 0.6 is 43.5 Å². The van der Waals surface area contributed by atoms with Gasteiger partial charge in [-0.1, -0.05) is 11.6 Å². The monoisotopic (exact) mass is 742 g/mol. The molecule has 16 nitrogen and oxygen atoms in total. The van der Waals surface area contributed by atoms with Crippen molar-refractivity contribution in [1.29, 1.82) is 0 Å². The second kappa shape index (κ2) is 11.3. The van der Waals surface area contributed by atoms with Gasteiger partial charge in [0, 0.05) is 56.9 Å². The molecule has 0 radical (unpaired) electrons. The van der Waals surface area contributed by atoms with Gasteiger partial charge in [-0.05, 0) is 38.8 Å². The zero-order valence-electron chi connectivity index (χ0n) is 22.9. The van der Waals surface area contributed by atoms with Crippen LogP contribution < -0.4 is 0 Å². The van der Waals surface area contributed by atoms with Crippen LogP contribution in [0.5, 0.6) is 0 Å². The number of hydrogen-bond acceptors (Lipinski definition) is 10. The average Bonchev–Trinajstić information content (AvgIpc) is 3.82. The van der Waals surface area contributed by atoms with Gasteiger partial charge in [0.15, 0.2) is 39.1 Å².